The smallest absolute Gasteiger partial charge is 0.577 e. The van der Waals surface area contributed by atoms with Crippen molar-refractivity contribution in [2.45, 2.75) is 13.8 Å². The third-order valence-corrected chi connectivity index (χ3v) is 29.7. The van der Waals surface area contributed by atoms with Crippen molar-refractivity contribution in [2.75, 3.05) is 0 Å². The highest BCUT2D eigenvalue weighted by Crippen LogP contribution is 2.48. The molecule has 0 bridgehead atoms. The molecule has 27 aromatic rings. The third kappa shape index (κ3) is 19.2. The summed E-state index contributed by atoms with van der Waals surface area (Å²) in [4.78, 5) is 32.9. The van der Waals surface area contributed by atoms with E-state index in [0.29, 0.717) is 34.5 Å². The second-order valence-corrected chi connectivity index (χ2v) is 38.9. The van der Waals surface area contributed by atoms with E-state index in [4.69, 9.17) is 42.7 Å². The lowest BCUT2D eigenvalue weighted by molar-refractivity contribution is 0.309. The van der Waals surface area contributed by atoms with Crippen LogP contribution in [-0.2, 0) is 7.05 Å². The van der Waals surface area contributed by atoms with E-state index in [1.54, 1.807) is 18.6 Å². The molecule has 27 rings (SSSR count). The predicted octanol–water partition coefficient (Wildman–Crippen LogP) is 32.7. The molecule has 17 heteroatoms. The number of benzene rings is 20. The van der Waals surface area contributed by atoms with Gasteiger partial charge >= 0.3 is 30.3 Å². The molecular formula is C132H93Al2N9O6. The van der Waals surface area contributed by atoms with Crippen LogP contribution in [0.25, 0.3) is 204 Å². The number of hydrogen-bond donors (Lipinski definition) is 0. The lowest BCUT2D eigenvalue weighted by Crippen LogP contribution is -2.37. The molecule has 0 aliphatic rings. The van der Waals surface area contributed by atoms with E-state index < -0.39 is 30.3 Å². The molecule has 0 unspecified atom stereocenters. The van der Waals surface area contributed by atoms with Gasteiger partial charge in [-0.05, 0) is 222 Å². The fraction of sp³-hybridized carbons (Fsp3) is 0.0227. The summed E-state index contributed by atoms with van der Waals surface area (Å²) in [5, 5.41) is 15.1. The van der Waals surface area contributed by atoms with E-state index in [2.05, 4.69) is 310 Å². The van der Waals surface area contributed by atoms with Crippen molar-refractivity contribution in [3.63, 3.8) is 0 Å². The minimum absolute atomic E-state index is 0.608. The lowest BCUT2D eigenvalue weighted by atomic mass is 9.86. The SMILES string of the molecule is Cc1ccc2cccc([O][Al]([O]c3ccc(-c4ccccc4)cc3)[O]c3cccc4ccc(C)nc34)c2n1.Cn1c(-c2ccc(-c3c4ccccc4c(-c4ccccc4)c4ccccc34)cc2)nc2ccccc21.c1ccc(-c2c3ccccc3c(-c3ccc(-n4c(-c5ccccc5)nc5ccccc54)cc3)c3ccccc23)cc1.c1cnc2c([O][Al]([O]c3cccc4cccnc34)[O]c3cccc4cccnc34)cccc2c1. The number of aromatic nitrogens is 9. The molecular weight excluding hydrogens is 1860 g/mol. The summed E-state index contributed by atoms with van der Waals surface area (Å²) in [6.45, 7) is 3.94. The van der Waals surface area contributed by atoms with Crippen LogP contribution in [0.2, 0.25) is 0 Å². The maximum absolute atomic E-state index is 6.49. The summed E-state index contributed by atoms with van der Waals surface area (Å²) in [5.74, 6) is 5.69. The molecule has 0 saturated heterocycles. The van der Waals surface area contributed by atoms with E-state index in [9.17, 15) is 0 Å². The van der Waals surface area contributed by atoms with Crippen LogP contribution in [0.4, 0.5) is 0 Å². The molecule has 0 radical (unpaired) electrons. The van der Waals surface area contributed by atoms with Crippen molar-refractivity contribution in [3.05, 3.63) is 521 Å². The fourth-order valence-electron chi connectivity index (χ4n) is 20.0. The quantitative estimate of drug-likeness (QED) is 0.0525. The summed E-state index contributed by atoms with van der Waals surface area (Å²) >= 11 is -5.69. The molecule has 7 aromatic heterocycles. The van der Waals surface area contributed by atoms with Crippen LogP contribution in [0.1, 0.15) is 11.4 Å². The van der Waals surface area contributed by atoms with Gasteiger partial charge < -0.3 is 27.3 Å². The van der Waals surface area contributed by atoms with Gasteiger partial charge in [-0.3, -0.25) is 19.5 Å². The normalized spacial score (nSPS) is 11.2. The fourth-order valence-corrected chi connectivity index (χ4v) is 22.7. The highest BCUT2D eigenvalue weighted by Gasteiger charge is 2.47. The summed E-state index contributed by atoms with van der Waals surface area (Å²) in [6, 6.07) is 169. The first kappa shape index (κ1) is 92.7. The molecule has 15 nitrogen and oxygen atoms in total. The highest BCUT2D eigenvalue weighted by atomic mass is 27.3. The van der Waals surface area contributed by atoms with Crippen LogP contribution in [0.5, 0.6) is 34.5 Å². The minimum atomic E-state index is -2.86. The monoisotopic (exact) mass is 1950 g/mol. The Balaban J connectivity index is 0.000000106. The van der Waals surface area contributed by atoms with Crippen LogP contribution >= 0.6 is 0 Å². The molecule has 0 amide bonds. The van der Waals surface area contributed by atoms with Gasteiger partial charge in [0.15, 0.2) is 0 Å². The van der Waals surface area contributed by atoms with E-state index in [1.807, 2.05) is 226 Å². The van der Waals surface area contributed by atoms with Crippen LogP contribution < -0.4 is 22.7 Å². The Morgan fingerprint density at radius 1 is 0.201 bits per heavy atom. The van der Waals surface area contributed by atoms with Crippen LogP contribution in [0.15, 0.2) is 510 Å². The Morgan fingerprint density at radius 3 is 0.866 bits per heavy atom. The number of rotatable bonds is 20. The predicted molar refractivity (Wildman–Crippen MR) is 610 cm³/mol. The molecule has 0 saturated carbocycles. The summed E-state index contributed by atoms with van der Waals surface area (Å²) in [7, 11) is 2.09. The van der Waals surface area contributed by atoms with Gasteiger partial charge in [-0.25, -0.2) is 19.9 Å². The zero-order valence-corrected chi connectivity index (χ0v) is 83.9. The Morgan fingerprint density at radius 2 is 0.477 bits per heavy atom. The molecule has 0 aliphatic carbocycles. The zero-order chi connectivity index (χ0) is 99.9. The number of aryl methyl sites for hydroxylation is 3. The highest BCUT2D eigenvalue weighted by molar-refractivity contribution is 6.41. The molecule has 7 heterocycles. The van der Waals surface area contributed by atoms with Gasteiger partial charge in [-0.2, -0.15) is 0 Å². The number of pyridine rings is 5. The standard InChI is InChI=1S/C39H26N2.C34H24N2.C12H10O.2C10H9NO.3C9H7NO.2Al/c1-3-13-27(14-4-1)37-31-17-7-9-19-33(31)38(34-20-10-8-18-32(34)37)28-23-25-30(26-24-28)41-36-22-12-11-21-35(36)40-39(41)29-15-5-2-6-16-29;1-36-31-18-10-9-17-30(31)35-34(36)25-21-19-24(20-22-25)33-28-15-7-5-13-26(28)32(23-11-3-2-4-12-23)27-14-6-8-16-29(27)33;13-12-8-6-11(7-9-12)10-4-2-1-3-5-10;2*1-7-5-6-8-3-2-4-9(12)10(8)11-7;3*11-8-5-1-3-7-4-2-6-10-9(7)8;;/h1-26H;2-22H,1H3;1-9,13H;2*2-6,12H,1H3;3*1-6,11H;;/q;;;;;;;;2*+3/p-6. The van der Waals surface area contributed by atoms with Gasteiger partial charge in [0.25, 0.3) is 0 Å². The van der Waals surface area contributed by atoms with Crippen LogP contribution in [0, 0.1) is 13.8 Å². The molecule has 0 fully saturated rings. The molecule has 0 aliphatic heterocycles. The molecule has 20 aromatic carbocycles. The van der Waals surface area contributed by atoms with Gasteiger partial charge in [0.1, 0.15) is 68.0 Å². The number of nitrogens with zero attached hydrogens (tertiary/aromatic N) is 9. The summed E-state index contributed by atoms with van der Waals surface area (Å²) in [5.41, 5.74) is 25.5. The van der Waals surface area contributed by atoms with Crippen molar-refractivity contribution in [2.24, 2.45) is 7.05 Å². The van der Waals surface area contributed by atoms with E-state index >= 15 is 0 Å². The maximum atomic E-state index is 6.49. The Labute approximate surface area is 870 Å². The third-order valence-electron chi connectivity index (χ3n) is 27.0. The number of hydrogen-bond acceptors (Lipinski definition) is 13. The van der Waals surface area contributed by atoms with Crippen LogP contribution in [-0.4, -0.2) is 74.3 Å². The van der Waals surface area contributed by atoms with Gasteiger partial charge in [0.05, 0.1) is 27.8 Å². The average molecular weight is 1960 g/mol. The number of para-hydroxylation sites is 9. The number of fused-ring (bicyclic) bond motifs is 11. The average Bonchev–Trinajstić information content (AvgIpc) is 1.30. The minimum Gasteiger partial charge on any atom is -0.577 e. The Bertz CT molecular complexity index is 9200. The van der Waals surface area contributed by atoms with Gasteiger partial charge in [0, 0.05) is 80.8 Å². The van der Waals surface area contributed by atoms with Gasteiger partial charge in [-0.1, -0.05) is 382 Å². The molecule has 708 valence electrons. The number of imidazole rings is 2. The van der Waals surface area contributed by atoms with Crippen molar-refractivity contribution < 1.29 is 22.7 Å². The van der Waals surface area contributed by atoms with E-state index in [-0.39, 0.29) is 0 Å². The van der Waals surface area contributed by atoms with Gasteiger partial charge in [-0.15, -0.1) is 0 Å². The first-order chi connectivity index (χ1) is 73.6. The van der Waals surface area contributed by atoms with Crippen molar-refractivity contribution in [3.8, 4) is 119 Å². The Hall–Kier alpha value is -18.7. The van der Waals surface area contributed by atoms with E-state index in [0.717, 1.165) is 128 Å². The molecule has 0 atom stereocenters. The van der Waals surface area contributed by atoms with Crippen molar-refractivity contribution in [1.82, 2.24) is 44.0 Å². The van der Waals surface area contributed by atoms with Gasteiger partial charge in [0.2, 0.25) is 0 Å². The first-order valence-electron chi connectivity index (χ1n) is 49.7. The second-order valence-electron chi connectivity index (χ2n) is 36.4. The van der Waals surface area contributed by atoms with Crippen molar-refractivity contribution in [1.29, 1.82) is 0 Å². The largest absolute Gasteiger partial charge is 1.20 e. The topological polar surface area (TPSA) is 155 Å². The first-order valence-corrected chi connectivity index (χ1v) is 52.5. The lowest BCUT2D eigenvalue weighted by Gasteiger charge is -2.18. The summed E-state index contributed by atoms with van der Waals surface area (Å²) in [6.07, 6.45) is 5.24. The Kier molecular flexibility index (Phi) is 26.1. The van der Waals surface area contributed by atoms with Crippen LogP contribution in [0.3, 0.4) is 0 Å². The molecule has 0 N–H and O–H groups in total. The molecule has 0 spiro atoms. The maximum Gasteiger partial charge on any atom is 1.20 e. The molecule has 149 heavy (non-hydrogen) atoms. The second kappa shape index (κ2) is 41.9. The van der Waals surface area contributed by atoms with Crippen molar-refractivity contribution >= 4 is 150 Å². The summed E-state index contributed by atoms with van der Waals surface area (Å²) < 4.78 is 43.1. The van der Waals surface area contributed by atoms with E-state index in [1.165, 1.54) is 87.6 Å². The zero-order valence-electron chi connectivity index (χ0n) is 81.6.